The Balaban J connectivity index is 3.02. The van der Waals surface area contributed by atoms with Gasteiger partial charge in [-0.15, -0.1) is 0 Å². The minimum atomic E-state index is -1.32. The number of hydrogen-bond donors (Lipinski definition) is 0. The van der Waals surface area contributed by atoms with Crippen molar-refractivity contribution in [2.75, 3.05) is 0 Å². The predicted octanol–water partition coefficient (Wildman–Crippen LogP) is -1.44. The second-order valence-electron chi connectivity index (χ2n) is 3.79. The van der Waals surface area contributed by atoms with Crippen LogP contribution in [0.5, 0.6) is 0 Å². The van der Waals surface area contributed by atoms with E-state index in [1.807, 2.05) is 0 Å². The largest absolute Gasteiger partial charge is 0.550 e. The average molecular weight is 196 g/mol. The molecule has 0 amide bonds. The Kier molecular flexibility index (Phi) is 2.93. The molecule has 0 aliphatic heterocycles. The Labute approximate surface area is 82.2 Å². The lowest BCUT2D eigenvalue weighted by molar-refractivity contribution is -0.329. The molecule has 0 saturated heterocycles. The van der Waals surface area contributed by atoms with E-state index in [1.165, 1.54) is 0 Å². The van der Waals surface area contributed by atoms with E-state index >= 15 is 0 Å². The molecule has 14 heavy (non-hydrogen) atoms. The van der Waals surface area contributed by atoms with E-state index < -0.39 is 23.8 Å². The minimum absolute atomic E-state index is 0.320. The van der Waals surface area contributed by atoms with Crippen molar-refractivity contribution in [2.45, 2.75) is 13.8 Å². The Hall–Kier alpha value is -1.32. The Morgan fingerprint density at radius 3 is 1.43 bits per heavy atom. The molecule has 0 aromatic carbocycles. The molecule has 78 valence electrons. The first-order chi connectivity index (χ1) is 6.45. The van der Waals surface area contributed by atoms with E-state index in [4.69, 9.17) is 0 Å². The zero-order valence-electron chi connectivity index (χ0n) is 8.10. The van der Waals surface area contributed by atoms with Gasteiger partial charge in [0.05, 0.1) is 0 Å². The Bertz CT molecular complexity index is 254. The van der Waals surface area contributed by atoms with Crippen molar-refractivity contribution in [1.29, 1.82) is 0 Å². The van der Waals surface area contributed by atoms with Gasteiger partial charge in [0, 0.05) is 23.8 Å². The number of carboxylic acid groups (broad SMARTS) is 2. The fourth-order valence-corrected chi connectivity index (χ4v) is 1.97. The summed E-state index contributed by atoms with van der Waals surface area (Å²) >= 11 is 0. The van der Waals surface area contributed by atoms with E-state index in [0.29, 0.717) is 0 Å². The van der Waals surface area contributed by atoms with Gasteiger partial charge in [-0.2, -0.15) is 0 Å². The SMILES string of the molecule is C[C@@H]1C=C[C@@H](C)[C@H](C(=O)[O-])[C@H]1C(=O)[O-]. The maximum Gasteiger partial charge on any atom is 0.0457 e. The smallest absolute Gasteiger partial charge is 0.0457 e. The van der Waals surface area contributed by atoms with E-state index in [0.717, 1.165) is 0 Å². The van der Waals surface area contributed by atoms with Crippen molar-refractivity contribution in [1.82, 2.24) is 0 Å². The lowest BCUT2D eigenvalue weighted by atomic mass is 9.72. The van der Waals surface area contributed by atoms with Gasteiger partial charge in [0.2, 0.25) is 0 Å². The fraction of sp³-hybridized carbons (Fsp3) is 0.600. The number of rotatable bonds is 2. The molecule has 0 spiro atoms. The molecule has 0 N–H and O–H groups in total. The molecule has 0 saturated carbocycles. The van der Waals surface area contributed by atoms with Crippen LogP contribution in [0.15, 0.2) is 12.2 Å². The summed E-state index contributed by atoms with van der Waals surface area (Å²) in [6.45, 7) is 3.33. The van der Waals surface area contributed by atoms with Crippen LogP contribution in [0.4, 0.5) is 0 Å². The van der Waals surface area contributed by atoms with E-state index in [-0.39, 0.29) is 11.8 Å². The number of hydrogen-bond acceptors (Lipinski definition) is 4. The van der Waals surface area contributed by atoms with E-state index in [1.54, 1.807) is 26.0 Å². The Morgan fingerprint density at radius 2 is 1.21 bits per heavy atom. The minimum Gasteiger partial charge on any atom is -0.550 e. The highest BCUT2D eigenvalue weighted by Crippen LogP contribution is 2.33. The third kappa shape index (κ3) is 1.78. The molecule has 0 heterocycles. The Morgan fingerprint density at radius 1 is 0.929 bits per heavy atom. The summed E-state index contributed by atoms with van der Waals surface area (Å²) < 4.78 is 0. The molecule has 0 unspecified atom stereocenters. The monoisotopic (exact) mass is 196 g/mol. The van der Waals surface area contributed by atoms with Crippen LogP contribution in [0, 0.1) is 23.7 Å². The maximum absolute atomic E-state index is 10.8. The van der Waals surface area contributed by atoms with Crippen molar-refractivity contribution in [2.24, 2.45) is 23.7 Å². The molecule has 0 bridgehead atoms. The van der Waals surface area contributed by atoms with E-state index in [9.17, 15) is 19.8 Å². The quantitative estimate of drug-likeness (QED) is 0.506. The highest BCUT2D eigenvalue weighted by molar-refractivity contribution is 5.79. The van der Waals surface area contributed by atoms with Crippen LogP contribution in [0.2, 0.25) is 0 Å². The van der Waals surface area contributed by atoms with Crippen molar-refractivity contribution in [3.05, 3.63) is 12.2 Å². The number of carboxylic acids is 2. The van der Waals surface area contributed by atoms with Gasteiger partial charge in [-0.25, -0.2) is 0 Å². The van der Waals surface area contributed by atoms with Crippen molar-refractivity contribution in [3.63, 3.8) is 0 Å². The molecule has 4 heteroatoms. The standard InChI is InChI=1S/C10H14O4/c1-5-3-4-6(2)8(10(13)14)7(5)9(11)12/h3-8H,1-2H3,(H,11,12)(H,13,14)/p-2/t5-,6-,7+,8+/m1/s1. The van der Waals surface area contributed by atoms with Gasteiger partial charge >= 0.3 is 0 Å². The van der Waals surface area contributed by atoms with Gasteiger partial charge in [-0.1, -0.05) is 26.0 Å². The topological polar surface area (TPSA) is 80.3 Å². The lowest BCUT2D eigenvalue weighted by Crippen LogP contribution is -2.49. The normalized spacial score (nSPS) is 36.7. The number of allylic oxidation sites excluding steroid dienone is 2. The third-order valence-corrected chi connectivity index (χ3v) is 2.78. The third-order valence-electron chi connectivity index (χ3n) is 2.78. The molecular formula is C10H12O4-2. The first-order valence-electron chi connectivity index (χ1n) is 4.55. The van der Waals surface area contributed by atoms with Gasteiger partial charge in [-0.3, -0.25) is 0 Å². The highest BCUT2D eigenvalue weighted by atomic mass is 16.4. The van der Waals surface area contributed by atoms with Crippen LogP contribution in [0.3, 0.4) is 0 Å². The van der Waals surface area contributed by atoms with Crippen LogP contribution in [0.1, 0.15) is 13.8 Å². The van der Waals surface area contributed by atoms with E-state index in [2.05, 4.69) is 0 Å². The summed E-state index contributed by atoms with van der Waals surface area (Å²) in [5.74, 6) is -5.25. The number of carbonyl (C=O) groups is 2. The first-order valence-corrected chi connectivity index (χ1v) is 4.55. The summed E-state index contributed by atoms with van der Waals surface area (Å²) in [7, 11) is 0. The zero-order valence-corrected chi connectivity index (χ0v) is 8.10. The molecule has 4 nitrogen and oxygen atoms in total. The maximum atomic E-state index is 10.8. The number of carbonyl (C=O) groups excluding carboxylic acids is 2. The van der Waals surface area contributed by atoms with Gasteiger partial charge in [0.1, 0.15) is 0 Å². The van der Waals surface area contributed by atoms with Crippen LogP contribution in [-0.2, 0) is 9.59 Å². The zero-order chi connectivity index (χ0) is 10.9. The second kappa shape index (κ2) is 3.82. The molecule has 0 radical (unpaired) electrons. The molecule has 0 aromatic heterocycles. The summed E-state index contributed by atoms with van der Waals surface area (Å²) in [5.41, 5.74) is 0. The van der Waals surface area contributed by atoms with Gasteiger partial charge in [0.15, 0.2) is 0 Å². The molecular weight excluding hydrogens is 184 g/mol. The second-order valence-corrected chi connectivity index (χ2v) is 3.79. The lowest BCUT2D eigenvalue weighted by Gasteiger charge is -2.38. The van der Waals surface area contributed by atoms with Crippen molar-refractivity contribution in [3.8, 4) is 0 Å². The molecule has 4 atom stereocenters. The summed E-state index contributed by atoms with van der Waals surface area (Å²) in [4.78, 5) is 21.6. The van der Waals surface area contributed by atoms with Crippen molar-refractivity contribution >= 4 is 11.9 Å². The van der Waals surface area contributed by atoms with Gasteiger partial charge in [0.25, 0.3) is 0 Å². The molecule has 1 rings (SSSR count). The molecule has 1 aliphatic carbocycles. The predicted molar refractivity (Wildman–Crippen MR) is 44.5 cm³/mol. The first kappa shape index (κ1) is 10.8. The van der Waals surface area contributed by atoms with Crippen LogP contribution >= 0.6 is 0 Å². The van der Waals surface area contributed by atoms with Gasteiger partial charge < -0.3 is 19.8 Å². The highest BCUT2D eigenvalue weighted by Gasteiger charge is 2.33. The summed E-state index contributed by atoms with van der Waals surface area (Å²) in [6, 6.07) is 0. The molecule has 0 fully saturated rings. The average Bonchev–Trinajstić information content (AvgIpc) is 2.07. The van der Waals surface area contributed by atoms with Gasteiger partial charge in [-0.05, 0) is 11.8 Å². The van der Waals surface area contributed by atoms with Crippen LogP contribution < -0.4 is 10.2 Å². The molecule has 1 aliphatic rings. The summed E-state index contributed by atoms with van der Waals surface area (Å²) in [6.07, 6.45) is 3.43. The molecule has 0 aromatic rings. The van der Waals surface area contributed by atoms with Crippen LogP contribution in [0.25, 0.3) is 0 Å². The number of aliphatic carboxylic acids is 2. The van der Waals surface area contributed by atoms with Crippen molar-refractivity contribution < 1.29 is 19.8 Å². The summed E-state index contributed by atoms with van der Waals surface area (Å²) in [5, 5.41) is 21.6. The fourth-order valence-electron chi connectivity index (χ4n) is 1.97. The van der Waals surface area contributed by atoms with Crippen LogP contribution in [-0.4, -0.2) is 11.9 Å².